The van der Waals surface area contributed by atoms with E-state index in [0.717, 1.165) is 16.7 Å². The lowest BCUT2D eigenvalue weighted by atomic mass is 9.92. The molecule has 1 atom stereocenters. The molecular formula is C31H26O4. The molecule has 0 heterocycles. The van der Waals surface area contributed by atoms with Gasteiger partial charge in [-0.3, -0.25) is 14.4 Å². The Morgan fingerprint density at radius 2 is 1.09 bits per heavy atom. The summed E-state index contributed by atoms with van der Waals surface area (Å²) in [5, 5.41) is 0. The first-order valence-corrected chi connectivity index (χ1v) is 11.6. The van der Waals surface area contributed by atoms with E-state index < -0.39 is 11.9 Å². The number of rotatable bonds is 10. The second-order valence-corrected chi connectivity index (χ2v) is 8.35. The third kappa shape index (κ3) is 6.61. The molecule has 4 heteroatoms. The van der Waals surface area contributed by atoms with E-state index in [-0.39, 0.29) is 24.6 Å². The van der Waals surface area contributed by atoms with Crippen LogP contribution in [0.25, 0.3) is 11.1 Å². The van der Waals surface area contributed by atoms with Crippen molar-refractivity contribution in [2.75, 3.05) is 6.61 Å². The average Bonchev–Trinajstić information content (AvgIpc) is 2.92. The summed E-state index contributed by atoms with van der Waals surface area (Å²) in [5.41, 5.74) is 4.01. The van der Waals surface area contributed by atoms with Crippen LogP contribution in [0.1, 0.15) is 32.7 Å². The Bertz CT molecular complexity index is 1260. The molecule has 0 radical (unpaired) electrons. The summed E-state index contributed by atoms with van der Waals surface area (Å²) in [5.74, 6) is -1.65. The molecule has 0 aliphatic heterocycles. The molecule has 0 saturated heterocycles. The second kappa shape index (κ2) is 11.7. The van der Waals surface area contributed by atoms with Crippen LogP contribution in [0.15, 0.2) is 115 Å². The molecule has 0 spiro atoms. The average molecular weight is 463 g/mol. The fourth-order valence-corrected chi connectivity index (χ4v) is 3.92. The normalized spacial score (nSPS) is 11.4. The Hall–Kier alpha value is -4.31. The van der Waals surface area contributed by atoms with Gasteiger partial charge in [-0.1, -0.05) is 115 Å². The number of hydrogen-bond acceptors (Lipinski definition) is 4. The zero-order valence-corrected chi connectivity index (χ0v) is 19.3. The lowest BCUT2D eigenvalue weighted by Crippen LogP contribution is -2.25. The highest BCUT2D eigenvalue weighted by Crippen LogP contribution is 2.20. The van der Waals surface area contributed by atoms with Gasteiger partial charge >= 0.3 is 5.97 Å². The number of benzene rings is 4. The summed E-state index contributed by atoms with van der Waals surface area (Å²) in [7, 11) is 0. The number of carbonyl (C=O) groups is 3. The first kappa shape index (κ1) is 23.8. The summed E-state index contributed by atoms with van der Waals surface area (Å²) >= 11 is 0. The van der Waals surface area contributed by atoms with Crippen LogP contribution in [0.2, 0.25) is 0 Å². The summed E-state index contributed by atoms with van der Waals surface area (Å²) in [6, 6.07) is 35.5. The molecule has 4 nitrogen and oxygen atoms in total. The van der Waals surface area contributed by atoms with Crippen molar-refractivity contribution < 1.29 is 19.1 Å². The van der Waals surface area contributed by atoms with E-state index in [1.807, 2.05) is 78.9 Å². The van der Waals surface area contributed by atoms with Gasteiger partial charge in [0.2, 0.25) is 0 Å². The Morgan fingerprint density at radius 3 is 1.71 bits per heavy atom. The van der Waals surface area contributed by atoms with Crippen molar-refractivity contribution in [3.8, 4) is 11.1 Å². The molecule has 4 aromatic carbocycles. The second-order valence-electron chi connectivity index (χ2n) is 8.35. The number of carbonyl (C=O) groups excluding carboxylic acids is 3. The van der Waals surface area contributed by atoms with Gasteiger partial charge in [-0.05, 0) is 23.1 Å². The summed E-state index contributed by atoms with van der Waals surface area (Å²) < 4.78 is 5.40. The van der Waals surface area contributed by atoms with Crippen molar-refractivity contribution in [2.45, 2.75) is 12.8 Å². The molecule has 35 heavy (non-hydrogen) atoms. The van der Waals surface area contributed by atoms with Crippen molar-refractivity contribution in [3.63, 3.8) is 0 Å². The Balaban J connectivity index is 1.41. The van der Waals surface area contributed by atoms with Crippen molar-refractivity contribution in [1.82, 2.24) is 0 Å². The fraction of sp³-hybridized carbons (Fsp3) is 0.129. The van der Waals surface area contributed by atoms with Gasteiger partial charge in [-0.25, -0.2) is 0 Å². The minimum Gasteiger partial charge on any atom is -0.457 e. The number of ether oxygens (including phenoxy) is 1. The Labute approximate surface area is 205 Å². The van der Waals surface area contributed by atoms with Crippen LogP contribution < -0.4 is 0 Å². The van der Waals surface area contributed by atoms with Crippen LogP contribution >= 0.6 is 0 Å². The first-order chi connectivity index (χ1) is 17.1. The van der Waals surface area contributed by atoms with Crippen molar-refractivity contribution in [3.05, 3.63) is 132 Å². The molecule has 4 aromatic rings. The van der Waals surface area contributed by atoms with Crippen LogP contribution in [0.5, 0.6) is 0 Å². The van der Waals surface area contributed by atoms with Crippen LogP contribution in [0.4, 0.5) is 0 Å². The fourth-order valence-electron chi connectivity index (χ4n) is 3.92. The maximum atomic E-state index is 13.0. The summed E-state index contributed by atoms with van der Waals surface area (Å²) in [6.07, 6.45) is 0.371. The number of hydrogen-bond donors (Lipinski definition) is 0. The van der Waals surface area contributed by atoms with E-state index in [9.17, 15) is 14.4 Å². The van der Waals surface area contributed by atoms with Gasteiger partial charge in [0.05, 0.1) is 5.92 Å². The van der Waals surface area contributed by atoms with Crippen molar-refractivity contribution in [2.24, 2.45) is 5.92 Å². The number of esters is 1. The third-order valence-corrected chi connectivity index (χ3v) is 5.85. The zero-order chi connectivity index (χ0) is 24.5. The summed E-state index contributed by atoms with van der Waals surface area (Å²) in [6.45, 7) is -0.367. The zero-order valence-electron chi connectivity index (χ0n) is 19.3. The van der Waals surface area contributed by atoms with Crippen LogP contribution in [-0.2, 0) is 16.0 Å². The molecule has 4 rings (SSSR count). The molecule has 0 N–H and O–H groups in total. The lowest BCUT2D eigenvalue weighted by molar-refractivity contribution is -0.147. The lowest BCUT2D eigenvalue weighted by Gasteiger charge is -2.16. The smallest absolute Gasteiger partial charge is 0.310 e. The van der Waals surface area contributed by atoms with Gasteiger partial charge in [-0.15, -0.1) is 0 Å². The molecular weight excluding hydrogens is 436 g/mol. The van der Waals surface area contributed by atoms with Crippen LogP contribution in [0, 0.1) is 5.92 Å². The molecule has 0 aliphatic carbocycles. The van der Waals surface area contributed by atoms with Gasteiger partial charge in [0.15, 0.2) is 18.2 Å². The van der Waals surface area contributed by atoms with Crippen LogP contribution in [-0.4, -0.2) is 24.1 Å². The molecule has 0 bridgehead atoms. The van der Waals surface area contributed by atoms with Gasteiger partial charge in [0.1, 0.15) is 0 Å². The Kier molecular flexibility index (Phi) is 7.97. The van der Waals surface area contributed by atoms with E-state index in [1.54, 1.807) is 36.4 Å². The SMILES string of the molecule is O=C(COC(=O)[C@H](CC(=O)c1ccccc1)Cc1ccccc1)c1ccc(-c2ccccc2)cc1. The molecule has 174 valence electrons. The number of ketones is 2. The van der Waals surface area contributed by atoms with E-state index in [0.29, 0.717) is 17.5 Å². The summed E-state index contributed by atoms with van der Waals surface area (Å²) in [4.78, 5) is 38.4. The topological polar surface area (TPSA) is 60.4 Å². The quantitative estimate of drug-likeness (QED) is 0.208. The standard InChI is InChI=1S/C31H26O4/c32-29(26-14-8-3-9-15-26)21-28(20-23-10-4-1-5-11-23)31(34)35-22-30(33)27-18-16-25(17-19-27)24-12-6-2-7-13-24/h1-19,28H,20-22H2/t28-/m0/s1. The maximum absolute atomic E-state index is 13.0. The molecule has 0 amide bonds. The van der Waals surface area contributed by atoms with Crippen molar-refractivity contribution >= 4 is 17.5 Å². The van der Waals surface area contributed by atoms with Crippen molar-refractivity contribution in [1.29, 1.82) is 0 Å². The third-order valence-electron chi connectivity index (χ3n) is 5.85. The Morgan fingerprint density at radius 1 is 0.571 bits per heavy atom. The largest absolute Gasteiger partial charge is 0.457 e. The van der Waals surface area contributed by atoms with Crippen LogP contribution in [0.3, 0.4) is 0 Å². The van der Waals surface area contributed by atoms with E-state index in [1.165, 1.54) is 0 Å². The highest BCUT2D eigenvalue weighted by Gasteiger charge is 2.25. The molecule has 0 unspecified atom stereocenters. The molecule has 0 aromatic heterocycles. The van der Waals surface area contributed by atoms with Gasteiger partial charge in [0, 0.05) is 17.5 Å². The first-order valence-electron chi connectivity index (χ1n) is 11.6. The van der Waals surface area contributed by atoms with E-state index in [4.69, 9.17) is 4.74 Å². The highest BCUT2D eigenvalue weighted by molar-refractivity contribution is 6.00. The van der Waals surface area contributed by atoms with E-state index in [2.05, 4.69) is 0 Å². The van der Waals surface area contributed by atoms with Gasteiger partial charge < -0.3 is 4.74 Å². The van der Waals surface area contributed by atoms with Gasteiger partial charge in [-0.2, -0.15) is 0 Å². The predicted octanol–water partition coefficient (Wildman–Crippen LogP) is 6.21. The predicted molar refractivity (Wildman–Crippen MR) is 136 cm³/mol. The minimum absolute atomic E-state index is 0.0116. The monoisotopic (exact) mass is 462 g/mol. The minimum atomic E-state index is -0.682. The highest BCUT2D eigenvalue weighted by atomic mass is 16.5. The molecule has 0 fully saturated rings. The van der Waals surface area contributed by atoms with Gasteiger partial charge in [0.25, 0.3) is 0 Å². The maximum Gasteiger partial charge on any atom is 0.310 e. The van der Waals surface area contributed by atoms with E-state index >= 15 is 0 Å². The molecule has 0 aliphatic rings. The number of Topliss-reactive ketones (excluding diaryl/α,β-unsaturated/α-hetero) is 2. The molecule has 0 saturated carbocycles.